The van der Waals surface area contributed by atoms with Crippen molar-refractivity contribution < 1.29 is 9.90 Å². The number of phenols is 1. The maximum atomic E-state index is 10.4. The number of aromatic hydroxyl groups is 1. The van der Waals surface area contributed by atoms with Gasteiger partial charge in [0, 0.05) is 6.42 Å². The maximum absolute atomic E-state index is 10.4. The fourth-order valence-corrected chi connectivity index (χ4v) is 2.42. The normalized spacial score (nSPS) is 15.2. The van der Waals surface area contributed by atoms with Gasteiger partial charge in [-0.25, -0.2) is 0 Å². The van der Waals surface area contributed by atoms with Gasteiger partial charge in [-0.3, -0.25) is 0 Å². The average Bonchev–Trinajstić information content (AvgIpc) is 2.50. The Morgan fingerprint density at radius 2 is 1.81 bits per heavy atom. The topological polar surface area (TPSA) is 37.3 Å². The number of hydrogen-bond donors (Lipinski definition) is 1. The molecule has 0 saturated heterocycles. The minimum Gasteiger partial charge on any atom is -0.508 e. The molecule has 0 atom stereocenters. The van der Waals surface area contributed by atoms with Crippen molar-refractivity contribution in [2.75, 3.05) is 0 Å². The van der Waals surface area contributed by atoms with E-state index in [4.69, 9.17) is 0 Å². The molecule has 0 radical (unpaired) electrons. The zero-order valence-electron chi connectivity index (χ0n) is 9.54. The molecule has 0 amide bonds. The Hall–Kier alpha value is -1.31. The minimum atomic E-state index is 0.363. The number of hydrogen-bond acceptors (Lipinski definition) is 2. The zero-order valence-corrected chi connectivity index (χ0v) is 9.54. The Labute approximate surface area is 96.3 Å². The summed E-state index contributed by atoms with van der Waals surface area (Å²) in [4.78, 5) is 10.4. The summed E-state index contributed by atoms with van der Waals surface area (Å²) in [6, 6.07) is 4.00. The van der Waals surface area contributed by atoms with E-state index in [9.17, 15) is 9.90 Å². The number of benzene rings is 1. The molecular weight excluding hydrogens is 200 g/mol. The molecule has 0 saturated carbocycles. The van der Waals surface area contributed by atoms with Crippen LogP contribution in [0.1, 0.15) is 42.4 Å². The minimum absolute atomic E-state index is 0.363. The number of aldehydes is 1. The molecule has 86 valence electrons. The van der Waals surface area contributed by atoms with Crippen LogP contribution >= 0.6 is 0 Å². The highest BCUT2D eigenvalue weighted by Gasteiger charge is 2.11. The largest absolute Gasteiger partial charge is 0.508 e. The predicted molar refractivity (Wildman–Crippen MR) is 63.8 cm³/mol. The molecule has 0 bridgehead atoms. The van der Waals surface area contributed by atoms with E-state index in [1.54, 1.807) is 0 Å². The van der Waals surface area contributed by atoms with Crippen molar-refractivity contribution in [3.8, 4) is 5.75 Å². The standard InChI is InChI=1S/C14H18O2/c15-8-4-7-13-9-11-5-2-1-3-6-12(11)10-14(13)16/h8-10,16H,1-7H2. The number of carbonyl (C=O) groups is 1. The number of aryl methyl sites for hydroxylation is 3. The molecule has 1 N–H and O–H groups in total. The summed E-state index contributed by atoms with van der Waals surface area (Å²) in [5, 5.41) is 9.87. The molecule has 16 heavy (non-hydrogen) atoms. The third kappa shape index (κ3) is 2.43. The van der Waals surface area contributed by atoms with Crippen molar-refractivity contribution >= 4 is 6.29 Å². The SMILES string of the molecule is O=CCCc1cc2c(cc1O)CCCCC2. The van der Waals surface area contributed by atoms with E-state index < -0.39 is 0 Å². The summed E-state index contributed by atoms with van der Waals surface area (Å²) in [7, 11) is 0. The molecule has 2 rings (SSSR count). The summed E-state index contributed by atoms with van der Waals surface area (Å²) in [5.41, 5.74) is 3.59. The van der Waals surface area contributed by atoms with Gasteiger partial charge in [-0.2, -0.15) is 0 Å². The Bertz CT molecular complexity index is 383. The van der Waals surface area contributed by atoms with Gasteiger partial charge in [0.15, 0.2) is 0 Å². The van der Waals surface area contributed by atoms with Crippen molar-refractivity contribution in [1.29, 1.82) is 0 Å². The first-order valence-corrected chi connectivity index (χ1v) is 6.08. The molecule has 0 aliphatic heterocycles. The van der Waals surface area contributed by atoms with Crippen molar-refractivity contribution in [3.05, 3.63) is 28.8 Å². The van der Waals surface area contributed by atoms with Crippen LogP contribution in [0.15, 0.2) is 12.1 Å². The van der Waals surface area contributed by atoms with Crippen LogP contribution in [-0.4, -0.2) is 11.4 Å². The van der Waals surface area contributed by atoms with Crippen LogP contribution in [0.2, 0.25) is 0 Å². The summed E-state index contributed by atoms with van der Waals surface area (Å²) in [6.07, 6.45) is 7.99. The molecule has 1 aliphatic rings. The highest BCUT2D eigenvalue weighted by Crippen LogP contribution is 2.28. The molecule has 0 fully saturated rings. The van der Waals surface area contributed by atoms with Gasteiger partial charge >= 0.3 is 0 Å². The fraction of sp³-hybridized carbons (Fsp3) is 0.500. The quantitative estimate of drug-likeness (QED) is 0.625. The van der Waals surface area contributed by atoms with Crippen LogP contribution in [0.3, 0.4) is 0 Å². The lowest BCUT2D eigenvalue weighted by Crippen LogP contribution is -1.95. The fourth-order valence-electron chi connectivity index (χ4n) is 2.42. The second-order valence-electron chi connectivity index (χ2n) is 4.52. The summed E-state index contributed by atoms with van der Waals surface area (Å²) in [6.45, 7) is 0. The molecule has 1 aromatic rings. The monoisotopic (exact) mass is 218 g/mol. The molecule has 0 aromatic heterocycles. The van der Waals surface area contributed by atoms with E-state index >= 15 is 0 Å². The Balaban J connectivity index is 2.27. The molecular formula is C14H18O2. The van der Waals surface area contributed by atoms with Crippen molar-refractivity contribution in [2.24, 2.45) is 0 Å². The Kier molecular flexibility index (Phi) is 3.60. The lowest BCUT2D eigenvalue weighted by Gasteiger charge is -2.10. The van der Waals surface area contributed by atoms with E-state index in [0.29, 0.717) is 18.6 Å². The first-order valence-electron chi connectivity index (χ1n) is 6.08. The van der Waals surface area contributed by atoms with Gasteiger partial charge in [-0.05, 0) is 54.9 Å². The smallest absolute Gasteiger partial charge is 0.120 e. The second kappa shape index (κ2) is 5.15. The van der Waals surface area contributed by atoms with Gasteiger partial charge in [0.1, 0.15) is 12.0 Å². The van der Waals surface area contributed by atoms with Crippen molar-refractivity contribution in [3.63, 3.8) is 0 Å². The molecule has 0 heterocycles. The van der Waals surface area contributed by atoms with Gasteiger partial charge < -0.3 is 9.90 Å². The van der Waals surface area contributed by atoms with Gasteiger partial charge in [0.25, 0.3) is 0 Å². The van der Waals surface area contributed by atoms with E-state index in [2.05, 4.69) is 6.07 Å². The lowest BCUT2D eigenvalue weighted by atomic mass is 9.97. The van der Waals surface area contributed by atoms with Gasteiger partial charge in [0.2, 0.25) is 0 Å². The average molecular weight is 218 g/mol. The van der Waals surface area contributed by atoms with E-state index in [0.717, 1.165) is 24.7 Å². The molecule has 0 unspecified atom stereocenters. The number of carbonyl (C=O) groups excluding carboxylic acids is 1. The third-order valence-corrected chi connectivity index (χ3v) is 3.32. The van der Waals surface area contributed by atoms with E-state index in [-0.39, 0.29) is 0 Å². The Morgan fingerprint density at radius 1 is 1.12 bits per heavy atom. The summed E-state index contributed by atoms with van der Waals surface area (Å²) < 4.78 is 0. The van der Waals surface area contributed by atoms with Crippen LogP contribution in [0.4, 0.5) is 0 Å². The van der Waals surface area contributed by atoms with Crippen LogP contribution in [0.25, 0.3) is 0 Å². The summed E-state index contributed by atoms with van der Waals surface area (Å²) in [5.74, 6) is 0.363. The maximum Gasteiger partial charge on any atom is 0.120 e. The lowest BCUT2D eigenvalue weighted by molar-refractivity contribution is -0.107. The van der Waals surface area contributed by atoms with Crippen molar-refractivity contribution in [2.45, 2.75) is 44.9 Å². The molecule has 2 nitrogen and oxygen atoms in total. The second-order valence-corrected chi connectivity index (χ2v) is 4.52. The molecule has 1 aromatic carbocycles. The third-order valence-electron chi connectivity index (χ3n) is 3.32. The van der Waals surface area contributed by atoms with Gasteiger partial charge in [-0.1, -0.05) is 12.5 Å². The molecule has 0 spiro atoms. The number of fused-ring (bicyclic) bond motifs is 1. The Morgan fingerprint density at radius 3 is 2.50 bits per heavy atom. The zero-order chi connectivity index (χ0) is 11.4. The number of phenolic OH excluding ortho intramolecular Hbond substituents is 1. The van der Waals surface area contributed by atoms with Crippen LogP contribution in [0.5, 0.6) is 5.75 Å². The molecule has 2 heteroatoms. The van der Waals surface area contributed by atoms with E-state index in [1.165, 1.54) is 30.4 Å². The van der Waals surface area contributed by atoms with E-state index in [1.807, 2.05) is 6.07 Å². The summed E-state index contributed by atoms with van der Waals surface area (Å²) >= 11 is 0. The first-order chi connectivity index (χ1) is 7.81. The van der Waals surface area contributed by atoms with Crippen LogP contribution < -0.4 is 0 Å². The first kappa shape index (κ1) is 11.2. The molecule has 1 aliphatic carbocycles. The predicted octanol–water partition coefficient (Wildman–Crippen LogP) is 2.79. The van der Waals surface area contributed by atoms with Crippen LogP contribution in [0, 0.1) is 0 Å². The van der Waals surface area contributed by atoms with Crippen molar-refractivity contribution in [1.82, 2.24) is 0 Å². The van der Waals surface area contributed by atoms with Gasteiger partial charge in [-0.15, -0.1) is 0 Å². The highest BCUT2D eigenvalue weighted by molar-refractivity contribution is 5.51. The van der Waals surface area contributed by atoms with Crippen LogP contribution in [-0.2, 0) is 24.1 Å². The number of rotatable bonds is 3. The van der Waals surface area contributed by atoms with Gasteiger partial charge in [0.05, 0.1) is 0 Å². The highest BCUT2D eigenvalue weighted by atomic mass is 16.3.